The molecular weight excluding hydrogens is 434 g/mol. The molecule has 3 fully saturated rings. The van der Waals surface area contributed by atoms with Gasteiger partial charge in [0.25, 0.3) is 0 Å². The van der Waals surface area contributed by atoms with Gasteiger partial charge in [0.2, 0.25) is 17.7 Å². The van der Waals surface area contributed by atoms with Gasteiger partial charge in [0, 0.05) is 25.4 Å². The van der Waals surface area contributed by atoms with Gasteiger partial charge < -0.3 is 25.4 Å². The number of ether oxygens (including phenoxy) is 1. The van der Waals surface area contributed by atoms with E-state index in [0.717, 1.165) is 23.2 Å². The number of aliphatic hydroxyl groups excluding tert-OH is 1. The van der Waals surface area contributed by atoms with Gasteiger partial charge in [-0.15, -0.1) is 0 Å². The molecule has 3 aliphatic heterocycles. The molecule has 0 aliphatic carbocycles. The third kappa shape index (κ3) is 3.81. The first-order valence-electron chi connectivity index (χ1n) is 12.5. The van der Waals surface area contributed by atoms with E-state index in [0.29, 0.717) is 38.8 Å². The lowest BCUT2D eigenvalue weighted by Crippen LogP contribution is -2.53. The lowest BCUT2D eigenvalue weighted by Gasteiger charge is -2.33. The van der Waals surface area contributed by atoms with Crippen molar-refractivity contribution in [2.45, 2.75) is 77.0 Å². The molecule has 8 nitrogen and oxygen atoms in total. The number of para-hydroxylation sites is 1. The standard InChI is InChI=1S/C26H37N3O5/c1-5-13-27-22(31)18-19-24(33)29(14-6-7-15-30)21(26(19)12-11-25(18,4)34-26)23(32)28-20-16(2)9-8-10-17(20)3/h8-10,18-19,21,30H,5-7,11-15H2,1-4H3,(H,27,31)(H,28,32)/t18-,19+,21?,25+,26?/m1/s1. The highest BCUT2D eigenvalue weighted by Gasteiger charge is 2.77. The first-order chi connectivity index (χ1) is 16.2. The molecule has 2 bridgehead atoms. The van der Waals surface area contributed by atoms with E-state index in [1.54, 1.807) is 4.90 Å². The molecule has 34 heavy (non-hydrogen) atoms. The van der Waals surface area contributed by atoms with Crippen molar-refractivity contribution in [3.8, 4) is 0 Å². The van der Waals surface area contributed by atoms with Crippen molar-refractivity contribution >= 4 is 23.4 Å². The van der Waals surface area contributed by atoms with Gasteiger partial charge in [-0.05, 0) is 64.0 Å². The molecule has 8 heteroatoms. The molecule has 186 valence electrons. The minimum absolute atomic E-state index is 0.0203. The van der Waals surface area contributed by atoms with E-state index in [1.807, 2.05) is 45.9 Å². The molecule has 1 aromatic rings. The minimum atomic E-state index is -1.03. The van der Waals surface area contributed by atoms with Crippen LogP contribution in [0.5, 0.6) is 0 Å². The van der Waals surface area contributed by atoms with Crippen molar-refractivity contribution in [3.63, 3.8) is 0 Å². The maximum atomic E-state index is 13.9. The summed E-state index contributed by atoms with van der Waals surface area (Å²) in [7, 11) is 0. The van der Waals surface area contributed by atoms with Crippen LogP contribution in [0.15, 0.2) is 18.2 Å². The molecular formula is C26H37N3O5. The van der Waals surface area contributed by atoms with E-state index in [-0.39, 0.29) is 24.3 Å². The SMILES string of the molecule is CCCNC(=O)[C@H]1[C@H]2C(=O)N(CCCCO)C(C(=O)Nc3c(C)cccc3C)C23CC[C@]1(C)O3. The Hall–Kier alpha value is -2.45. The third-order valence-electron chi connectivity index (χ3n) is 7.89. The summed E-state index contributed by atoms with van der Waals surface area (Å²) in [6, 6.07) is 5.00. The van der Waals surface area contributed by atoms with E-state index in [4.69, 9.17) is 4.74 Å². The molecule has 3 saturated heterocycles. The third-order valence-corrected chi connectivity index (χ3v) is 7.89. The molecule has 3 N–H and O–H groups in total. The summed E-state index contributed by atoms with van der Waals surface area (Å²) < 4.78 is 6.59. The second-order valence-corrected chi connectivity index (χ2v) is 10.2. The molecule has 1 aromatic carbocycles. The number of nitrogens with zero attached hydrogens (tertiary/aromatic N) is 1. The molecule has 3 amide bonds. The Balaban J connectivity index is 1.71. The number of fused-ring (bicyclic) bond motifs is 1. The van der Waals surface area contributed by atoms with Crippen LogP contribution in [0.25, 0.3) is 0 Å². The largest absolute Gasteiger partial charge is 0.396 e. The summed E-state index contributed by atoms with van der Waals surface area (Å²) in [4.78, 5) is 42.5. The number of aryl methyl sites for hydroxylation is 2. The molecule has 3 aliphatic rings. The van der Waals surface area contributed by atoms with Crippen molar-refractivity contribution in [1.82, 2.24) is 10.2 Å². The van der Waals surface area contributed by atoms with Crippen LogP contribution in [0.1, 0.15) is 57.1 Å². The number of nitrogens with one attached hydrogen (secondary N) is 2. The van der Waals surface area contributed by atoms with Crippen LogP contribution in [0.3, 0.4) is 0 Å². The number of benzene rings is 1. The van der Waals surface area contributed by atoms with Crippen molar-refractivity contribution in [3.05, 3.63) is 29.3 Å². The van der Waals surface area contributed by atoms with E-state index < -0.39 is 29.1 Å². The summed E-state index contributed by atoms with van der Waals surface area (Å²) in [6.45, 7) is 8.66. The monoisotopic (exact) mass is 471 g/mol. The first kappa shape index (κ1) is 24.7. The van der Waals surface area contributed by atoms with Gasteiger partial charge >= 0.3 is 0 Å². The van der Waals surface area contributed by atoms with Crippen molar-refractivity contribution in [2.24, 2.45) is 11.8 Å². The summed E-state index contributed by atoms with van der Waals surface area (Å²) >= 11 is 0. The maximum Gasteiger partial charge on any atom is 0.250 e. The normalized spacial score (nSPS) is 31.6. The van der Waals surface area contributed by atoms with Gasteiger partial charge in [-0.3, -0.25) is 14.4 Å². The van der Waals surface area contributed by atoms with Gasteiger partial charge in [0.1, 0.15) is 11.6 Å². The lowest BCUT2D eigenvalue weighted by atomic mass is 9.66. The molecule has 4 rings (SSSR count). The fourth-order valence-corrected chi connectivity index (χ4v) is 6.32. The number of unbranched alkanes of at least 4 members (excludes halogenated alkanes) is 1. The highest BCUT2D eigenvalue weighted by Crippen LogP contribution is 2.63. The Morgan fingerprint density at radius 1 is 1.18 bits per heavy atom. The number of anilines is 1. The average molecular weight is 472 g/mol. The summed E-state index contributed by atoms with van der Waals surface area (Å²) in [5, 5.41) is 15.3. The van der Waals surface area contributed by atoms with E-state index >= 15 is 0 Å². The highest BCUT2D eigenvalue weighted by atomic mass is 16.5. The van der Waals surface area contributed by atoms with Gasteiger partial charge in [-0.25, -0.2) is 0 Å². The van der Waals surface area contributed by atoms with Crippen LogP contribution in [-0.4, -0.2) is 64.7 Å². The van der Waals surface area contributed by atoms with Crippen LogP contribution in [-0.2, 0) is 19.1 Å². The fourth-order valence-electron chi connectivity index (χ4n) is 6.32. The van der Waals surface area contributed by atoms with Crippen LogP contribution in [0.4, 0.5) is 5.69 Å². The predicted octanol–water partition coefficient (Wildman–Crippen LogP) is 2.31. The number of likely N-dealkylation sites (tertiary alicyclic amines) is 1. The predicted molar refractivity (Wildman–Crippen MR) is 128 cm³/mol. The maximum absolute atomic E-state index is 13.9. The molecule has 0 saturated carbocycles. The zero-order valence-corrected chi connectivity index (χ0v) is 20.6. The molecule has 1 spiro atoms. The number of carbonyl (C=O) groups is 3. The second kappa shape index (κ2) is 9.30. The molecule has 0 radical (unpaired) electrons. The Morgan fingerprint density at radius 2 is 1.88 bits per heavy atom. The second-order valence-electron chi connectivity index (χ2n) is 10.2. The molecule has 3 heterocycles. The van der Waals surface area contributed by atoms with Crippen molar-refractivity contribution in [2.75, 3.05) is 25.0 Å². The van der Waals surface area contributed by atoms with Gasteiger partial charge in [-0.1, -0.05) is 25.1 Å². The smallest absolute Gasteiger partial charge is 0.250 e. The quantitative estimate of drug-likeness (QED) is 0.479. The van der Waals surface area contributed by atoms with E-state index in [9.17, 15) is 19.5 Å². The summed E-state index contributed by atoms with van der Waals surface area (Å²) in [5.41, 5.74) is 0.830. The van der Waals surface area contributed by atoms with Crippen LogP contribution >= 0.6 is 0 Å². The Labute approximate surface area is 201 Å². The summed E-state index contributed by atoms with van der Waals surface area (Å²) in [6.07, 6.45) is 3.08. The zero-order valence-electron chi connectivity index (χ0n) is 20.6. The minimum Gasteiger partial charge on any atom is -0.396 e. The van der Waals surface area contributed by atoms with Crippen LogP contribution in [0, 0.1) is 25.7 Å². The molecule has 0 aromatic heterocycles. The highest BCUT2D eigenvalue weighted by molar-refractivity contribution is 6.04. The summed E-state index contributed by atoms with van der Waals surface area (Å²) in [5.74, 6) is -1.96. The van der Waals surface area contributed by atoms with Gasteiger partial charge in [-0.2, -0.15) is 0 Å². The Kier molecular flexibility index (Phi) is 6.75. The first-order valence-corrected chi connectivity index (χ1v) is 12.5. The van der Waals surface area contributed by atoms with Crippen molar-refractivity contribution in [1.29, 1.82) is 0 Å². The number of carbonyl (C=O) groups excluding carboxylic acids is 3. The Morgan fingerprint density at radius 3 is 2.53 bits per heavy atom. The number of rotatable bonds is 9. The zero-order chi connectivity index (χ0) is 24.7. The molecule has 5 atom stereocenters. The van der Waals surface area contributed by atoms with Gasteiger partial charge in [0.05, 0.1) is 17.4 Å². The topological polar surface area (TPSA) is 108 Å². The number of hydrogen-bond acceptors (Lipinski definition) is 5. The fraction of sp³-hybridized carbons (Fsp3) is 0.654. The number of amides is 3. The number of aliphatic hydroxyl groups is 1. The average Bonchev–Trinajstić information content (AvgIpc) is 3.36. The van der Waals surface area contributed by atoms with E-state index in [2.05, 4.69) is 10.6 Å². The Bertz CT molecular complexity index is 961. The van der Waals surface area contributed by atoms with E-state index in [1.165, 1.54) is 0 Å². The number of hydrogen-bond donors (Lipinski definition) is 3. The molecule has 2 unspecified atom stereocenters. The van der Waals surface area contributed by atoms with Crippen LogP contribution < -0.4 is 10.6 Å². The van der Waals surface area contributed by atoms with Gasteiger partial charge in [0.15, 0.2) is 0 Å². The van der Waals surface area contributed by atoms with Crippen LogP contribution in [0.2, 0.25) is 0 Å². The lowest BCUT2D eigenvalue weighted by molar-refractivity contribution is -0.144. The van der Waals surface area contributed by atoms with Crippen molar-refractivity contribution < 1.29 is 24.2 Å².